The number of hydrogen-bond acceptors (Lipinski definition) is 3. The van der Waals surface area contributed by atoms with Gasteiger partial charge in [0.25, 0.3) is 0 Å². The van der Waals surface area contributed by atoms with Crippen LogP contribution in [-0.2, 0) is 16.0 Å². The minimum atomic E-state index is -4.53. The minimum Gasteiger partial charge on any atom is -0.228 e. The molecule has 108 valence electrons. The van der Waals surface area contributed by atoms with Gasteiger partial charge in [0.2, 0.25) is 0 Å². The second-order valence-electron chi connectivity index (χ2n) is 4.35. The normalized spacial score (nSPS) is 12.7. The number of rotatable bonds is 2. The molecule has 0 saturated carbocycles. The summed E-state index contributed by atoms with van der Waals surface area (Å²) in [7, 11) is -3.39. The highest BCUT2D eigenvalue weighted by molar-refractivity contribution is 7.90. The van der Waals surface area contributed by atoms with E-state index < -0.39 is 21.7 Å². The van der Waals surface area contributed by atoms with E-state index in [9.17, 15) is 21.6 Å². The Morgan fingerprint density at radius 3 is 2.15 bits per heavy atom. The molecular formula is C12H11F3N2O2S. The summed E-state index contributed by atoms with van der Waals surface area (Å²) in [4.78, 5) is 0.0405. The molecule has 1 aromatic carbocycles. The summed E-state index contributed by atoms with van der Waals surface area (Å²) in [5, 5.41) is 3.79. The zero-order valence-electron chi connectivity index (χ0n) is 10.6. The molecule has 0 saturated heterocycles. The summed E-state index contributed by atoms with van der Waals surface area (Å²) in [6.45, 7) is 1.45. The predicted molar refractivity (Wildman–Crippen MR) is 66.4 cm³/mol. The van der Waals surface area contributed by atoms with Crippen LogP contribution in [-0.4, -0.2) is 24.5 Å². The summed E-state index contributed by atoms with van der Waals surface area (Å²) in [5.74, 6) is 0. The minimum absolute atomic E-state index is 0.0405. The maximum Gasteiger partial charge on any atom is 0.433 e. The third-order valence-corrected chi connectivity index (χ3v) is 3.76. The Kier molecular flexibility index (Phi) is 3.37. The third-order valence-electron chi connectivity index (χ3n) is 2.63. The van der Waals surface area contributed by atoms with E-state index in [0.29, 0.717) is 0 Å². The third kappa shape index (κ3) is 2.84. The molecule has 0 bridgehead atoms. The van der Waals surface area contributed by atoms with Gasteiger partial charge in [-0.2, -0.15) is 18.3 Å². The van der Waals surface area contributed by atoms with Crippen LogP contribution < -0.4 is 0 Å². The zero-order chi connectivity index (χ0) is 15.1. The fraction of sp³-hybridized carbons (Fsp3) is 0.250. The zero-order valence-corrected chi connectivity index (χ0v) is 11.5. The fourth-order valence-electron chi connectivity index (χ4n) is 1.73. The van der Waals surface area contributed by atoms with Gasteiger partial charge in [0.1, 0.15) is 5.69 Å². The van der Waals surface area contributed by atoms with Crippen LogP contribution in [0.5, 0.6) is 0 Å². The molecular weight excluding hydrogens is 293 g/mol. The number of nitrogens with zero attached hydrogens (tertiary/aromatic N) is 2. The van der Waals surface area contributed by atoms with E-state index in [1.165, 1.54) is 31.2 Å². The van der Waals surface area contributed by atoms with E-state index in [4.69, 9.17) is 0 Å². The molecule has 1 heterocycles. The van der Waals surface area contributed by atoms with Gasteiger partial charge in [-0.3, -0.25) is 0 Å². The predicted octanol–water partition coefficient (Wildman–Crippen LogP) is 2.60. The molecule has 1 aromatic heterocycles. The van der Waals surface area contributed by atoms with Crippen LogP contribution in [0.4, 0.5) is 13.2 Å². The standard InChI is InChI=1S/C12H11F3N2O2S/c1-8-7-11(12(13,14)15)17(16-8)9-3-5-10(6-4-9)20(2,18)19/h3-7H,1-2H3. The first kappa shape index (κ1) is 14.6. The Bertz CT molecular complexity index is 731. The van der Waals surface area contributed by atoms with Crippen molar-refractivity contribution in [2.45, 2.75) is 18.0 Å². The molecule has 0 aliphatic heterocycles. The van der Waals surface area contributed by atoms with E-state index in [2.05, 4.69) is 5.10 Å². The Hall–Kier alpha value is -1.83. The maximum absolute atomic E-state index is 12.9. The van der Waals surface area contributed by atoms with E-state index in [0.717, 1.165) is 17.0 Å². The Balaban J connectivity index is 2.53. The number of sulfone groups is 1. The topological polar surface area (TPSA) is 52.0 Å². The van der Waals surface area contributed by atoms with E-state index in [1.807, 2.05) is 0 Å². The van der Waals surface area contributed by atoms with Gasteiger partial charge in [-0.05, 0) is 37.3 Å². The van der Waals surface area contributed by atoms with Crippen LogP contribution in [0, 0.1) is 6.92 Å². The van der Waals surface area contributed by atoms with Crippen LogP contribution >= 0.6 is 0 Å². The summed E-state index contributed by atoms with van der Waals surface area (Å²) < 4.78 is 61.9. The molecule has 2 aromatic rings. The second-order valence-corrected chi connectivity index (χ2v) is 6.36. The number of hydrogen-bond donors (Lipinski definition) is 0. The van der Waals surface area contributed by atoms with Crippen molar-refractivity contribution in [2.75, 3.05) is 6.26 Å². The Morgan fingerprint density at radius 2 is 1.70 bits per heavy atom. The molecule has 8 heteroatoms. The molecule has 20 heavy (non-hydrogen) atoms. The first-order valence-electron chi connectivity index (χ1n) is 5.53. The quantitative estimate of drug-likeness (QED) is 0.857. The molecule has 4 nitrogen and oxygen atoms in total. The molecule has 0 N–H and O–H groups in total. The van der Waals surface area contributed by atoms with E-state index in [1.54, 1.807) is 0 Å². The summed E-state index contributed by atoms with van der Waals surface area (Å²) >= 11 is 0. The molecule has 0 aliphatic rings. The molecule has 0 aliphatic carbocycles. The molecule has 0 fully saturated rings. The van der Waals surface area contributed by atoms with Gasteiger partial charge < -0.3 is 0 Å². The largest absolute Gasteiger partial charge is 0.433 e. The van der Waals surface area contributed by atoms with Crippen LogP contribution in [0.2, 0.25) is 0 Å². The van der Waals surface area contributed by atoms with Crippen molar-refractivity contribution in [1.82, 2.24) is 9.78 Å². The number of aromatic nitrogens is 2. The van der Waals surface area contributed by atoms with E-state index >= 15 is 0 Å². The van der Waals surface area contributed by atoms with Crippen molar-refractivity contribution in [3.8, 4) is 5.69 Å². The highest BCUT2D eigenvalue weighted by Crippen LogP contribution is 2.31. The molecule has 0 spiro atoms. The van der Waals surface area contributed by atoms with Crippen molar-refractivity contribution in [2.24, 2.45) is 0 Å². The molecule has 2 rings (SSSR count). The smallest absolute Gasteiger partial charge is 0.228 e. The molecule has 0 radical (unpaired) electrons. The second kappa shape index (κ2) is 4.62. The number of benzene rings is 1. The van der Waals surface area contributed by atoms with Gasteiger partial charge >= 0.3 is 6.18 Å². The lowest BCUT2D eigenvalue weighted by atomic mass is 10.3. The Morgan fingerprint density at radius 1 is 1.15 bits per heavy atom. The monoisotopic (exact) mass is 304 g/mol. The molecule has 0 unspecified atom stereocenters. The van der Waals surface area contributed by atoms with Crippen LogP contribution in [0.3, 0.4) is 0 Å². The molecule has 0 amide bonds. The maximum atomic E-state index is 12.9. The number of halogens is 3. The lowest BCUT2D eigenvalue weighted by Gasteiger charge is -2.10. The van der Waals surface area contributed by atoms with Gasteiger partial charge in [0.05, 0.1) is 16.3 Å². The Labute approximate surface area is 113 Å². The lowest BCUT2D eigenvalue weighted by Crippen LogP contribution is -2.13. The van der Waals surface area contributed by atoms with Crippen LogP contribution in [0.25, 0.3) is 5.69 Å². The van der Waals surface area contributed by atoms with Crippen molar-refractivity contribution in [1.29, 1.82) is 0 Å². The van der Waals surface area contributed by atoms with Crippen LogP contribution in [0.1, 0.15) is 11.4 Å². The highest BCUT2D eigenvalue weighted by Gasteiger charge is 2.35. The van der Waals surface area contributed by atoms with Crippen molar-refractivity contribution in [3.63, 3.8) is 0 Å². The van der Waals surface area contributed by atoms with Gasteiger partial charge in [0, 0.05) is 6.26 Å². The average Bonchev–Trinajstić information content (AvgIpc) is 2.70. The van der Waals surface area contributed by atoms with Crippen LogP contribution in [0.15, 0.2) is 35.2 Å². The fourth-order valence-corrected chi connectivity index (χ4v) is 2.36. The average molecular weight is 304 g/mol. The van der Waals surface area contributed by atoms with Crippen molar-refractivity contribution < 1.29 is 21.6 Å². The van der Waals surface area contributed by atoms with Crippen molar-refractivity contribution in [3.05, 3.63) is 41.7 Å². The van der Waals surface area contributed by atoms with E-state index in [-0.39, 0.29) is 16.3 Å². The SMILES string of the molecule is Cc1cc(C(F)(F)F)n(-c2ccc(S(C)(=O)=O)cc2)n1. The van der Waals surface area contributed by atoms with Gasteiger partial charge in [-0.1, -0.05) is 0 Å². The number of alkyl halides is 3. The van der Waals surface area contributed by atoms with Gasteiger partial charge in [-0.25, -0.2) is 13.1 Å². The number of aryl methyl sites for hydroxylation is 1. The summed E-state index contributed by atoms with van der Waals surface area (Å²) in [6.07, 6.45) is -3.50. The summed E-state index contributed by atoms with van der Waals surface area (Å²) in [6, 6.07) is 6.02. The first-order chi connectivity index (χ1) is 9.09. The first-order valence-corrected chi connectivity index (χ1v) is 7.42. The highest BCUT2D eigenvalue weighted by atomic mass is 32.2. The lowest BCUT2D eigenvalue weighted by molar-refractivity contribution is -0.142. The van der Waals surface area contributed by atoms with Gasteiger partial charge in [-0.15, -0.1) is 0 Å². The summed E-state index contributed by atoms with van der Waals surface area (Å²) in [5.41, 5.74) is -0.524. The van der Waals surface area contributed by atoms with Gasteiger partial charge in [0.15, 0.2) is 9.84 Å². The van der Waals surface area contributed by atoms with Crippen molar-refractivity contribution >= 4 is 9.84 Å². The molecule has 0 atom stereocenters.